The summed E-state index contributed by atoms with van der Waals surface area (Å²) in [6.45, 7) is 1.69. The Labute approximate surface area is 137 Å². The van der Waals surface area contributed by atoms with Crippen molar-refractivity contribution in [3.8, 4) is 0 Å². The summed E-state index contributed by atoms with van der Waals surface area (Å²) in [6, 6.07) is 14.2. The van der Waals surface area contributed by atoms with E-state index in [1.807, 2.05) is 6.07 Å². The molecule has 3 nitrogen and oxygen atoms in total. The van der Waals surface area contributed by atoms with Gasteiger partial charge >= 0.3 is 0 Å². The fourth-order valence-corrected chi connectivity index (χ4v) is 2.79. The lowest BCUT2D eigenvalue weighted by Gasteiger charge is -2.25. The number of carbonyl (C=O) groups is 1. The third-order valence-corrected chi connectivity index (χ3v) is 4.19. The van der Waals surface area contributed by atoms with Crippen LogP contribution in [0, 0.1) is 0 Å². The molecule has 2 rings (SSSR count). The van der Waals surface area contributed by atoms with Crippen LogP contribution in [0.5, 0.6) is 0 Å². The maximum absolute atomic E-state index is 12.1. The van der Waals surface area contributed by atoms with Crippen LogP contribution in [-0.4, -0.2) is 17.6 Å². The predicted octanol–water partition coefficient (Wildman–Crippen LogP) is 3.74. The normalized spacial score (nSPS) is 13.5. The fraction of sp³-hybridized carbons (Fsp3) is 0.188. The molecule has 1 atom stereocenters. The van der Waals surface area contributed by atoms with Crippen LogP contribution in [0.1, 0.15) is 22.8 Å². The van der Waals surface area contributed by atoms with E-state index in [9.17, 15) is 9.90 Å². The monoisotopic (exact) mass is 367 g/mol. The number of rotatable bonds is 4. The van der Waals surface area contributed by atoms with Crippen molar-refractivity contribution in [2.75, 3.05) is 6.54 Å². The van der Waals surface area contributed by atoms with Gasteiger partial charge in [-0.15, -0.1) is 0 Å². The molecule has 0 fully saturated rings. The molecule has 21 heavy (non-hydrogen) atoms. The molecule has 0 saturated carbocycles. The molecule has 2 aromatic carbocycles. The van der Waals surface area contributed by atoms with Crippen molar-refractivity contribution in [1.29, 1.82) is 0 Å². The smallest absolute Gasteiger partial charge is 0.252 e. The number of hydrogen-bond donors (Lipinski definition) is 2. The first-order valence-corrected chi connectivity index (χ1v) is 7.59. The maximum atomic E-state index is 12.1. The second-order valence-electron chi connectivity index (χ2n) is 4.92. The second-order valence-corrected chi connectivity index (χ2v) is 6.18. The van der Waals surface area contributed by atoms with E-state index in [1.54, 1.807) is 49.4 Å². The third-order valence-electron chi connectivity index (χ3n) is 3.17. The Morgan fingerprint density at radius 3 is 2.52 bits per heavy atom. The van der Waals surface area contributed by atoms with Crippen LogP contribution in [-0.2, 0) is 5.60 Å². The van der Waals surface area contributed by atoms with Gasteiger partial charge in [-0.25, -0.2) is 0 Å². The van der Waals surface area contributed by atoms with E-state index in [4.69, 9.17) is 11.6 Å². The molecule has 0 heterocycles. The first-order valence-electron chi connectivity index (χ1n) is 6.42. The summed E-state index contributed by atoms with van der Waals surface area (Å²) in [7, 11) is 0. The Hall–Kier alpha value is -1.36. The summed E-state index contributed by atoms with van der Waals surface area (Å²) < 4.78 is 0.708. The van der Waals surface area contributed by atoms with Crippen molar-refractivity contribution in [1.82, 2.24) is 5.32 Å². The van der Waals surface area contributed by atoms with Gasteiger partial charge in [0.2, 0.25) is 0 Å². The van der Waals surface area contributed by atoms with E-state index in [-0.39, 0.29) is 12.5 Å². The summed E-state index contributed by atoms with van der Waals surface area (Å²) in [5, 5.41) is 13.7. The van der Waals surface area contributed by atoms with Gasteiger partial charge in [-0.3, -0.25) is 4.79 Å². The van der Waals surface area contributed by atoms with Crippen molar-refractivity contribution >= 4 is 33.4 Å². The van der Waals surface area contributed by atoms with E-state index in [0.29, 0.717) is 20.6 Å². The van der Waals surface area contributed by atoms with Crippen LogP contribution < -0.4 is 5.32 Å². The fourth-order valence-electron chi connectivity index (χ4n) is 1.99. The van der Waals surface area contributed by atoms with Gasteiger partial charge < -0.3 is 10.4 Å². The van der Waals surface area contributed by atoms with Crippen LogP contribution in [0.2, 0.25) is 5.02 Å². The highest BCUT2D eigenvalue weighted by Gasteiger charge is 2.26. The summed E-state index contributed by atoms with van der Waals surface area (Å²) in [4.78, 5) is 12.1. The average molecular weight is 369 g/mol. The topological polar surface area (TPSA) is 49.3 Å². The van der Waals surface area contributed by atoms with E-state index < -0.39 is 5.60 Å². The second kappa shape index (κ2) is 6.60. The number of halogens is 2. The summed E-state index contributed by atoms with van der Waals surface area (Å²) in [6.07, 6.45) is 0. The summed E-state index contributed by atoms with van der Waals surface area (Å²) in [5.41, 5.74) is -0.138. The standard InChI is InChI=1S/C16H15BrClNO2/c1-16(21,12-7-3-5-9-14(12)18)10-19-15(20)11-6-2-4-8-13(11)17/h2-9,21H,10H2,1H3,(H,19,20). The van der Waals surface area contributed by atoms with Crippen LogP contribution in [0.25, 0.3) is 0 Å². The minimum absolute atomic E-state index is 0.0664. The Morgan fingerprint density at radius 2 is 1.86 bits per heavy atom. The first-order chi connectivity index (χ1) is 9.92. The average Bonchev–Trinajstić information content (AvgIpc) is 2.45. The molecule has 5 heteroatoms. The number of nitrogens with one attached hydrogen (secondary N) is 1. The molecule has 110 valence electrons. The molecule has 0 aliphatic carbocycles. The predicted molar refractivity (Wildman–Crippen MR) is 87.5 cm³/mol. The molecule has 0 bridgehead atoms. The van der Waals surface area contributed by atoms with Gasteiger partial charge in [0, 0.05) is 15.1 Å². The summed E-state index contributed by atoms with van der Waals surface area (Å²) >= 11 is 9.42. The minimum Gasteiger partial charge on any atom is -0.384 e. The van der Waals surface area contributed by atoms with E-state index in [0.717, 1.165) is 0 Å². The van der Waals surface area contributed by atoms with Gasteiger partial charge in [-0.05, 0) is 41.1 Å². The Kier molecular flexibility index (Phi) is 5.04. The Bertz CT molecular complexity index is 658. The molecule has 0 radical (unpaired) electrons. The number of hydrogen-bond acceptors (Lipinski definition) is 2. The van der Waals surface area contributed by atoms with Crippen molar-refractivity contribution in [3.05, 3.63) is 69.2 Å². The maximum Gasteiger partial charge on any atom is 0.252 e. The van der Waals surface area contributed by atoms with E-state index in [2.05, 4.69) is 21.2 Å². The lowest BCUT2D eigenvalue weighted by atomic mass is 9.96. The highest BCUT2D eigenvalue weighted by Crippen LogP contribution is 2.27. The van der Waals surface area contributed by atoms with Crippen molar-refractivity contribution in [3.63, 3.8) is 0 Å². The van der Waals surface area contributed by atoms with Crippen LogP contribution in [0.4, 0.5) is 0 Å². The zero-order chi connectivity index (χ0) is 15.5. The highest BCUT2D eigenvalue weighted by atomic mass is 79.9. The van der Waals surface area contributed by atoms with E-state index >= 15 is 0 Å². The number of carbonyl (C=O) groups excluding carboxylic acids is 1. The van der Waals surface area contributed by atoms with Crippen molar-refractivity contribution in [2.45, 2.75) is 12.5 Å². The molecule has 0 spiro atoms. The van der Waals surface area contributed by atoms with Gasteiger partial charge in [-0.2, -0.15) is 0 Å². The minimum atomic E-state index is -1.24. The lowest BCUT2D eigenvalue weighted by molar-refractivity contribution is 0.0527. The van der Waals surface area contributed by atoms with Gasteiger partial charge in [-0.1, -0.05) is 41.9 Å². The largest absolute Gasteiger partial charge is 0.384 e. The van der Waals surface area contributed by atoms with Crippen molar-refractivity contribution in [2.24, 2.45) is 0 Å². The Morgan fingerprint density at radius 1 is 1.24 bits per heavy atom. The van der Waals surface area contributed by atoms with Gasteiger partial charge in [0.15, 0.2) is 0 Å². The molecule has 2 aromatic rings. The quantitative estimate of drug-likeness (QED) is 0.863. The van der Waals surface area contributed by atoms with E-state index in [1.165, 1.54) is 0 Å². The molecule has 0 aliphatic rings. The van der Waals surface area contributed by atoms with Gasteiger partial charge in [0.05, 0.1) is 12.1 Å². The third kappa shape index (κ3) is 3.84. The van der Waals surface area contributed by atoms with Crippen LogP contribution in [0.15, 0.2) is 53.0 Å². The molecule has 0 saturated heterocycles. The molecule has 0 aromatic heterocycles. The molecular formula is C16H15BrClNO2. The zero-order valence-corrected chi connectivity index (χ0v) is 13.8. The number of amides is 1. The number of benzene rings is 2. The molecular weight excluding hydrogens is 354 g/mol. The zero-order valence-electron chi connectivity index (χ0n) is 11.4. The summed E-state index contributed by atoms with van der Waals surface area (Å²) in [5.74, 6) is -0.255. The lowest BCUT2D eigenvalue weighted by Crippen LogP contribution is -2.38. The molecule has 2 N–H and O–H groups in total. The highest BCUT2D eigenvalue weighted by molar-refractivity contribution is 9.10. The van der Waals surface area contributed by atoms with Crippen LogP contribution >= 0.6 is 27.5 Å². The first kappa shape index (κ1) is 16.0. The SMILES string of the molecule is CC(O)(CNC(=O)c1ccccc1Br)c1ccccc1Cl. The molecule has 1 unspecified atom stereocenters. The molecule has 0 aliphatic heterocycles. The van der Waals surface area contributed by atoms with Crippen molar-refractivity contribution < 1.29 is 9.90 Å². The van der Waals surface area contributed by atoms with Gasteiger partial charge in [0.25, 0.3) is 5.91 Å². The van der Waals surface area contributed by atoms with Gasteiger partial charge in [0.1, 0.15) is 5.60 Å². The van der Waals surface area contributed by atoms with Crippen LogP contribution in [0.3, 0.4) is 0 Å². The molecule has 1 amide bonds. The number of aliphatic hydroxyl groups is 1. The Balaban J connectivity index is 2.11.